The van der Waals surface area contributed by atoms with Gasteiger partial charge < -0.3 is 19.9 Å². The third-order valence-corrected chi connectivity index (χ3v) is 5.47. The third-order valence-electron chi connectivity index (χ3n) is 5.47. The normalized spacial score (nSPS) is 14.7. The van der Waals surface area contributed by atoms with Crippen molar-refractivity contribution >= 4 is 28.2 Å². The van der Waals surface area contributed by atoms with Gasteiger partial charge in [0.15, 0.2) is 0 Å². The number of aromatic nitrogens is 1. The van der Waals surface area contributed by atoms with Crippen LogP contribution in [0.3, 0.4) is 0 Å². The zero-order valence-corrected chi connectivity index (χ0v) is 17.0. The zero-order valence-electron chi connectivity index (χ0n) is 17.0. The molecule has 2 aromatic carbocycles. The Bertz CT molecular complexity index is 1060. The number of amides is 1. The van der Waals surface area contributed by atoms with Gasteiger partial charge in [0.25, 0.3) is 0 Å². The van der Waals surface area contributed by atoms with E-state index in [-0.39, 0.29) is 18.0 Å². The van der Waals surface area contributed by atoms with Gasteiger partial charge in [-0.05, 0) is 42.7 Å². The largest absolute Gasteiger partial charge is 0.416 e. The first-order valence-corrected chi connectivity index (χ1v) is 10.3. The summed E-state index contributed by atoms with van der Waals surface area (Å²) in [6.07, 6.45) is -1.02. The van der Waals surface area contributed by atoms with E-state index in [1.807, 2.05) is 35.4 Å². The molecule has 0 radical (unpaired) electrons. The van der Waals surface area contributed by atoms with E-state index in [0.717, 1.165) is 28.6 Å². The maximum absolute atomic E-state index is 13.2. The summed E-state index contributed by atoms with van der Waals surface area (Å²) in [4.78, 5) is 17.7. The van der Waals surface area contributed by atoms with E-state index < -0.39 is 11.7 Å². The number of H-pyrrole nitrogens is 1. The van der Waals surface area contributed by atoms with Crippen molar-refractivity contribution in [2.45, 2.75) is 25.4 Å². The van der Waals surface area contributed by atoms with Gasteiger partial charge in [-0.2, -0.15) is 13.2 Å². The lowest BCUT2D eigenvalue weighted by Crippen LogP contribution is -2.36. The molecule has 1 aliphatic rings. The number of fused-ring (bicyclic) bond motifs is 1. The second-order valence-electron chi connectivity index (χ2n) is 7.59. The van der Waals surface area contributed by atoms with Crippen LogP contribution in [0.15, 0.2) is 48.7 Å². The Labute approximate surface area is 178 Å². The van der Waals surface area contributed by atoms with Crippen LogP contribution in [0.5, 0.6) is 0 Å². The summed E-state index contributed by atoms with van der Waals surface area (Å²) in [6, 6.07) is 11.4. The van der Waals surface area contributed by atoms with E-state index in [4.69, 9.17) is 4.74 Å². The third kappa shape index (κ3) is 5.02. The van der Waals surface area contributed by atoms with Crippen LogP contribution in [-0.4, -0.2) is 37.2 Å². The lowest BCUT2D eigenvalue weighted by Gasteiger charge is -2.31. The molecule has 1 aromatic heterocycles. The SMILES string of the molecule is O=C(CCCc1c[nH]c2ccccc12)Nc1cc(C(F)(F)F)ccc1N1CCOCC1. The lowest BCUT2D eigenvalue weighted by molar-refractivity contribution is -0.137. The van der Waals surface area contributed by atoms with Crippen LogP contribution in [0.2, 0.25) is 0 Å². The molecule has 8 heteroatoms. The minimum atomic E-state index is -4.47. The maximum atomic E-state index is 13.2. The van der Waals surface area contributed by atoms with Crippen LogP contribution in [0.4, 0.5) is 24.5 Å². The Balaban J connectivity index is 1.44. The smallest absolute Gasteiger partial charge is 0.378 e. The number of hydrogen-bond acceptors (Lipinski definition) is 3. The molecule has 1 saturated heterocycles. The van der Waals surface area contributed by atoms with E-state index in [1.165, 1.54) is 6.07 Å². The number of aryl methyl sites for hydroxylation is 1. The van der Waals surface area contributed by atoms with E-state index in [1.54, 1.807) is 0 Å². The van der Waals surface area contributed by atoms with Crippen LogP contribution in [0, 0.1) is 0 Å². The van der Waals surface area contributed by atoms with Gasteiger partial charge in [0.05, 0.1) is 30.2 Å². The second-order valence-corrected chi connectivity index (χ2v) is 7.59. The molecule has 1 fully saturated rings. The summed E-state index contributed by atoms with van der Waals surface area (Å²) in [6.45, 7) is 2.13. The Morgan fingerprint density at radius 1 is 1.13 bits per heavy atom. The van der Waals surface area contributed by atoms with Crippen molar-refractivity contribution in [1.82, 2.24) is 4.98 Å². The van der Waals surface area contributed by atoms with Crippen LogP contribution < -0.4 is 10.2 Å². The van der Waals surface area contributed by atoms with E-state index >= 15 is 0 Å². The number of para-hydroxylation sites is 1. The van der Waals surface area contributed by atoms with Crippen LogP contribution in [0.1, 0.15) is 24.0 Å². The molecule has 0 bridgehead atoms. The summed E-state index contributed by atoms with van der Waals surface area (Å²) in [5.74, 6) is -0.298. The maximum Gasteiger partial charge on any atom is 0.416 e. The van der Waals surface area contributed by atoms with Gasteiger partial charge in [-0.3, -0.25) is 4.79 Å². The molecule has 164 valence electrons. The van der Waals surface area contributed by atoms with Gasteiger partial charge in [-0.1, -0.05) is 18.2 Å². The van der Waals surface area contributed by atoms with Crippen LogP contribution in [0.25, 0.3) is 10.9 Å². The summed E-state index contributed by atoms with van der Waals surface area (Å²) < 4.78 is 45.0. The van der Waals surface area contributed by atoms with Crippen molar-refractivity contribution in [3.63, 3.8) is 0 Å². The number of benzene rings is 2. The van der Waals surface area contributed by atoms with Crippen LogP contribution >= 0.6 is 0 Å². The minimum absolute atomic E-state index is 0.189. The number of rotatable bonds is 6. The molecule has 0 spiro atoms. The molecule has 1 amide bonds. The average Bonchev–Trinajstić information content (AvgIpc) is 3.17. The van der Waals surface area contributed by atoms with Crippen molar-refractivity contribution in [2.75, 3.05) is 36.5 Å². The fraction of sp³-hybridized carbons (Fsp3) is 0.348. The molecule has 0 aliphatic carbocycles. The van der Waals surface area contributed by atoms with Gasteiger partial charge in [-0.25, -0.2) is 0 Å². The Morgan fingerprint density at radius 2 is 1.90 bits per heavy atom. The number of nitrogens with zero attached hydrogens (tertiary/aromatic N) is 1. The van der Waals surface area contributed by atoms with Crippen molar-refractivity contribution < 1.29 is 22.7 Å². The predicted octanol–water partition coefficient (Wildman–Crippen LogP) is 4.98. The molecule has 5 nitrogen and oxygen atoms in total. The van der Waals surface area contributed by atoms with Gasteiger partial charge >= 0.3 is 6.18 Å². The molecular weight excluding hydrogens is 407 g/mol. The number of carbonyl (C=O) groups is 1. The highest BCUT2D eigenvalue weighted by Gasteiger charge is 2.31. The zero-order chi connectivity index (χ0) is 21.8. The Hall–Kier alpha value is -3.00. The fourth-order valence-electron chi connectivity index (χ4n) is 3.88. The summed E-state index contributed by atoms with van der Waals surface area (Å²) in [7, 11) is 0. The number of alkyl halides is 3. The summed E-state index contributed by atoms with van der Waals surface area (Å²) in [5.41, 5.74) is 2.16. The molecule has 0 atom stereocenters. The summed E-state index contributed by atoms with van der Waals surface area (Å²) in [5, 5.41) is 3.83. The molecule has 2 heterocycles. The Morgan fingerprint density at radius 3 is 2.68 bits per heavy atom. The average molecular weight is 431 g/mol. The molecule has 0 unspecified atom stereocenters. The topological polar surface area (TPSA) is 57.4 Å². The highest BCUT2D eigenvalue weighted by molar-refractivity contribution is 5.94. The molecule has 0 saturated carbocycles. The number of morpholine rings is 1. The molecule has 4 rings (SSSR count). The number of hydrogen-bond donors (Lipinski definition) is 2. The molecule has 3 aromatic rings. The van der Waals surface area contributed by atoms with Crippen LogP contribution in [-0.2, 0) is 22.1 Å². The summed E-state index contributed by atoms with van der Waals surface area (Å²) >= 11 is 0. The standard InChI is InChI=1S/C23H24F3N3O2/c24-23(25,26)17-8-9-21(29-10-12-31-13-11-29)20(14-17)28-22(30)7-3-4-16-15-27-19-6-2-1-5-18(16)19/h1-2,5-6,8-9,14-15,27H,3-4,7,10-13H2,(H,28,30). The highest BCUT2D eigenvalue weighted by Crippen LogP contribution is 2.36. The number of halogens is 3. The van der Waals surface area contributed by atoms with E-state index in [9.17, 15) is 18.0 Å². The van der Waals surface area contributed by atoms with Gasteiger partial charge in [0.2, 0.25) is 5.91 Å². The number of carbonyl (C=O) groups excluding carboxylic acids is 1. The number of aromatic amines is 1. The van der Waals surface area contributed by atoms with Gasteiger partial charge in [-0.15, -0.1) is 0 Å². The monoisotopic (exact) mass is 431 g/mol. The first-order chi connectivity index (χ1) is 14.9. The highest BCUT2D eigenvalue weighted by atomic mass is 19.4. The van der Waals surface area contributed by atoms with Crippen molar-refractivity contribution in [3.05, 3.63) is 59.8 Å². The molecule has 31 heavy (non-hydrogen) atoms. The first-order valence-electron chi connectivity index (χ1n) is 10.3. The molecular formula is C23H24F3N3O2. The van der Waals surface area contributed by atoms with Crippen molar-refractivity contribution in [1.29, 1.82) is 0 Å². The predicted molar refractivity (Wildman–Crippen MR) is 114 cm³/mol. The van der Waals surface area contributed by atoms with Crippen molar-refractivity contribution in [2.24, 2.45) is 0 Å². The van der Waals surface area contributed by atoms with Gasteiger partial charge in [0.1, 0.15) is 0 Å². The quantitative estimate of drug-likeness (QED) is 0.579. The number of anilines is 2. The van der Waals surface area contributed by atoms with Crippen molar-refractivity contribution in [3.8, 4) is 0 Å². The van der Waals surface area contributed by atoms with E-state index in [0.29, 0.717) is 44.8 Å². The first kappa shape index (κ1) is 21.2. The Kier molecular flexibility index (Phi) is 6.18. The van der Waals surface area contributed by atoms with E-state index in [2.05, 4.69) is 10.3 Å². The van der Waals surface area contributed by atoms with Gasteiger partial charge in [0, 0.05) is 36.6 Å². The number of nitrogens with one attached hydrogen (secondary N) is 2. The lowest BCUT2D eigenvalue weighted by atomic mass is 10.1. The fourth-order valence-corrected chi connectivity index (χ4v) is 3.88. The number of ether oxygens (including phenoxy) is 1. The molecule has 2 N–H and O–H groups in total. The second kappa shape index (κ2) is 9.01. The molecule has 1 aliphatic heterocycles. The minimum Gasteiger partial charge on any atom is -0.378 e.